The Hall–Kier alpha value is -3.99. The molecule has 0 amide bonds. The van der Waals surface area contributed by atoms with Gasteiger partial charge in [-0.15, -0.1) is 0 Å². The van der Waals surface area contributed by atoms with Crippen molar-refractivity contribution in [2.75, 3.05) is 6.61 Å². The fraction of sp³-hybridized carbons (Fsp3) is 0.324. The van der Waals surface area contributed by atoms with Crippen LogP contribution in [0.1, 0.15) is 62.5 Å². The smallest absolute Gasteiger partial charge is 0.429 e. The van der Waals surface area contributed by atoms with Crippen molar-refractivity contribution in [1.82, 2.24) is 4.98 Å². The highest BCUT2D eigenvalue weighted by atomic mass is 19.3. The molecule has 0 radical (unpaired) electrons. The minimum atomic E-state index is -4.76. The monoisotopic (exact) mass is 635 g/mol. The average Bonchev–Trinajstić information content (AvgIpc) is 2.99. The number of ether oxygens (including phenoxy) is 2. The van der Waals surface area contributed by atoms with Gasteiger partial charge in [-0.3, -0.25) is 4.98 Å². The number of rotatable bonds is 10. The first-order chi connectivity index (χ1) is 21.5. The molecule has 11 heteroatoms. The Labute approximate surface area is 254 Å². The third-order valence-corrected chi connectivity index (χ3v) is 7.90. The zero-order chi connectivity index (χ0) is 32.3. The number of unbranched alkanes of at least 4 members (excludes halogenated alkanes) is 1. The number of nitrogens with zero attached hydrogens (tertiary/aromatic N) is 1. The van der Waals surface area contributed by atoms with E-state index in [2.05, 4.69) is 16.6 Å². The van der Waals surface area contributed by atoms with Crippen molar-refractivity contribution in [2.24, 2.45) is 0 Å². The molecule has 5 rings (SSSR count). The van der Waals surface area contributed by atoms with Crippen molar-refractivity contribution in [3.8, 4) is 28.1 Å². The second-order valence-corrected chi connectivity index (χ2v) is 11.0. The molecule has 1 aliphatic carbocycles. The summed E-state index contributed by atoms with van der Waals surface area (Å²) in [6.45, 7) is 2.91. The van der Waals surface area contributed by atoms with Crippen LogP contribution in [0.3, 0.4) is 0 Å². The van der Waals surface area contributed by atoms with Gasteiger partial charge < -0.3 is 9.47 Å². The van der Waals surface area contributed by atoms with E-state index in [4.69, 9.17) is 4.74 Å². The Bertz CT molecular complexity index is 1610. The summed E-state index contributed by atoms with van der Waals surface area (Å²) in [6.07, 6.45) is 3.34. The molecule has 1 aromatic heterocycles. The highest BCUT2D eigenvalue weighted by Gasteiger charge is 2.41. The molecule has 0 spiro atoms. The second-order valence-electron chi connectivity index (χ2n) is 11.0. The van der Waals surface area contributed by atoms with Gasteiger partial charge in [0.1, 0.15) is 28.8 Å². The lowest BCUT2D eigenvalue weighted by Gasteiger charge is -2.28. The molecular weight excluding hydrogens is 606 g/mol. The number of pyridine rings is 1. The number of hydrogen-bond acceptors (Lipinski definition) is 3. The predicted molar refractivity (Wildman–Crippen MR) is 152 cm³/mol. The summed E-state index contributed by atoms with van der Waals surface area (Å²) in [6, 6.07) is 8.73. The lowest BCUT2D eigenvalue weighted by Crippen LogP contribution is -2.25. The summed E-state index contributed by atoms with van der Waals surface area (Å²) >= 11 is 0. The van der Waals surface area contributed by atoms with Crippen LogP contribution in [0.5, 0.6) is 5.75 Å². The van der Waals surface area contributed by atoms with E-state index in [1.165, 1.54) is 12.1 Å². The lowest BCUT2D eigenvalue weighted by atomic mass is 9.83. The SMILES string of the molecule is CCCCOC1CCC(c2ccc(-c3ccc(-c4cc(F)c(C(F)(F)Oc5cc(F)c(F)c(F)c5)c(F)c4)c(F)c3)nc2)CC1. The summed E-state index contributed by atoms with van der Waals surface area (Å²) in [5, 5.41) is 0. The number of aromatic nitrogens is 1. The number of benzene rings is 3. The molecule has 0 N–H and O–H groups in total. The van der Waals surface area contributed by atoms with Crippen molar-refractivity contribution >= 4 is 0 Å². The fourth-order valence-electron chi connectivity index (χ4n) is 5.48. The summed E-state index contributed by atoms with van der Waals surface area (Å²) < 4.78 is 124. The summed E-state index contributed by atoms with van der Waals surface area (Å²) in [5.74, 6) is -11.0. The van der Waals surface area contributed by atoms with Crippen LogP contribution in [0.4, 0.5) is 35.1 Å². The molecule has 3 nitrogen and oxygen atoms in total. The van der Waals surface area contributed by atoms with Gasteiger partial charge in [-0.05, 0) is 73.4 Å². The van der Waals surface area contributed by atoms with E-state index in [0.717, 1.165) is 56.8 Å². The van der Waals surface area contributed by atoms with Crippen LogP contribution in [0.25, 0.3) is 22.4 Å². The topological polar surface area (TPSA) is 31.4 Å². The van der Waals surface area contributed by atoms with E-state index in [1.54, 1.807) is 12.3 Å². The number of hydrogen-bond donors (Lipinski definition) is 0. The molecule has 0 atom stereocenters. The summed E-state index contributed by atoms with van der Waals surface area (Å²) in [7, 11) is 0. The molecule has 0 aliphatic heterocycles. The van der Waals surface area contributed by atoms with Crippen LogP contribution in [0, 0.1) is 34.9 Å². The summed E-state index contributed by atoms with van der Waals surface area (Å²) in [4.78, 5) is 4.48. The molecule has 1 saturated carbocycles. The minimum absolute atomic E-state index is 0.103. The van der Waals surface area contributed by atoms with E-state index in [0.29, 0.717) is 29.3 Å². The maximum atomic E-state index is 15.2. The van der Waals surface area contributed by atoms with Crippen molar-refractivity contribution in [1.29, 1.82) is 0 Å². The van der Waals surface area contributed by atoms with E-state index in [9.17, 15) is 30.7 Å². The molecule has 1 heterocycles. The summed E-state index contributed by atoms with van der Waals surface area (Å²) in [5.41, 5.74) is -0.597. The highest BCUT2D eigenvalue weighted by molar-refractivity contribution is 5.70. The molecule has 4 aromatic rings. The van der Waals surface area contributed by atoms with Gasteiger partial charge >= 0.3 is 6.11 Å². The third-order valence-electron chi connectivity index (χ3n) is 7.90. The number of alkyl halides is 2. The minimum Gasteiger partial charge on any atom is -0.429 e. The largest absolute Gasteiger partial charge is 0.432 e. The first kappa shape index (κ1) is 32.4. The van der Waals surface area contributed by atoms with Crippen molar-refractivity contribution < 1.29 is 44.6 Å². The lowest BCUT2D eigenvalue weighted by molar-refractivity contribution is -0.189. The first-order valence-corrected chi connectivity index (χ1v) is 14.6. The van der Waals surface area contributed by atoms with Gasteiger partial charge in [-0.1, -0.05) is 31.5 Å². The van der Waals surface area contributed by atoms with Crippen LogP contribution in [-0.2, 0) is 10.8 Å². The van der Waals surface area contributed by atoms with E-state index >= 15 is 4.39 Å². The molecule has 1 fully saturated rings. The molecule has 45 heavy (non-hydrogen) atoms. The van der Waals surface area contributed by atoms with Crippen molar-refractivity contribution in [3.05, 3.63) is 107 Å². The fourth-order valence-corrected chi connectivity index (χ4v) is 5.48. The Morgan fingerprint density at radius 2 is 1.40 bits per heavy atom. The van der Waals surface area contributed by atoms with Crippen LogP contribution >= 0.6 is 0 Å². The van der Waals surface area contributed by atoms with E-state index in [-0.39, 0.29) is 29.4 Å². The molecule has 1 aliphatic rings. The van der Waals surface area contributed by atoms with E-state index in [1.807, 2.05) is 6.07 Å². The van der Waals surface area contributed by atoms with Gasteiger partial charge in [0.2, 0.25) is 0 Å². The second kappa shape index (κ2) is 13.6. The molecule has 0 saturated heterocycles. The Kier molecular flexibility index (Phi) is 9.76. The van der Waals surface area contributed by atoms with Crippen LogP contribution in [-0.4, -0.2) is 17.7 Å². The van der Waals surface area contributed by atoms with Crippen LogP contribution in [0.2, 0.25) is 0 Å². The van der Waals surface area contributed by atoms with Gasteiger partial charge in [0.25, 0.3) is 0 Å². The van der Waals surface area contributed by atoms with Crippen molar-refractivity contribution in [3.63, 3.8) is 0 Å². The van der Waals surface area contributed by atoms with Gasteiger partial charge in [0, 0.05) is 36.1 Å². The Balaban J connectivity index is 1.30. The predicted octanol–water partition coefficient (Wildman–Crippen LogP) is 10.2. The number of halogens is 8. The molecule has 238 valence electrons. The van der Waals surface area contributed by atoms with Crippen LogP contribution < -0.4 is 4.74 Å². The zero-order valence-corrected chi connectivity index (χ0v) is 24.2. The van der Waals surface area contributed by atoms with Gasteiger partial charge in [0.05, 0.1) is 11.8 Å². The van der Waals surface area contributed by atoms with Gasteiger partial charge in [-0.2, -0.15) is 8.78 Å². The molecular formula is C34H29F8NO2. The van der Waals surface area contributed by atoms with Gasteiger partial charge in [-0.25, -0.2) is 26.3 Å². The molecule has 0 bridgehead atoms. The van der Waals surface area contributed by atoms with Crippen LogP contribution in [0.15, 0.2) is 60.8 Å². The highest BCUT2D eigenvalue weighted by Crippen LogP contribution is 2.39. The van der Waals surface area contributed by atoms with Crippen molar-refractivity contribution in [2.45, 2.75) is 63.6 Å². The quantitative estimate of drug-likeness (QED) is 0.0988. The molecule has 3 aromatic carbocycles. The standard InChI is InChI=1S/C34H29F8NO2/c1-2-3-12-44-23-8-4-19(5-9-23)21-7-11-31(43-18-21)20-6-10-25(26(35)13-20)22-14-27(36)32(28(37)15-22)34(41,42)45-24-16-29(38)33(40)30(39)17-24/h6-7,10-11,13-19,23H,2-5,8-9,12H2,1H3. The average molecular weight is 636 g/mol. The Morgan fingerprint density at radius 3 is 1.98 bits per heavy atom. The Morgan fingerprint density at radius 1 is 0.756 bits per heavy atom. The first-order valence-electron chi connectivity index (χ1n) is 14.6. The van der Waals surface area contributed by atoms with E-state index < -0.39 is 52.3 Å². The maximum Gasteiger partial charge on any atom is 0.432 e. The molecule has 0 unspecified atom stereocenters. The zero-order valence-electron chi connectivity index (χ0n) is 24.2. The maximum absolute atomic E-state index is 15.2. The van der Waals surface area contributed by atoms with Gasteiger partial charge in [0.15, 0.2) is 17.5 Å². The third kappa shape index (κ3) is 7.30. The normalized spacial score (nSPS) is 17.0.